The Morgan fingerprint density at radius 2 is 2.38 bits per heavy atom. The third-order valence-electron chi connectivity index (χ3n) is 2.22. The minimum absolute atomic E-state index is 0.298. The number of hydrogen-bond donors (Lipinski definition) is 2. The lowest BCUT2D eigenvalue weighted by molar-refractivity contribution is -0.129. The standard InChI is InChI=1S/C10H19NO2/c1-3-6-9(4-2)7-5-8-10(12)11-13/h3,9,13H,1,4-8H2,2H3,(H,11,12). The molecule has 0 bridgehead atoms. The molecule has 0 rings (SSSR count). The molecular formula is C10H19NO2. The van der Waals surface area contributed by atoms with Crippen molar-refractivity contribution < 1.29 is 10.0 Å². The minimum atomic E-state index is -0.298. The Hall–Kier alpha value is -0.830. The van der Waals surface area contributed by atoms with Gasteiger partial charge < -0.3 is 0 Å². The van der Waals surface area contributed by atoms with Crippen molar-refractivity contribution in [1.29, 1.82) is 0 Å². The monoisotopic (exact) mass is 185 g/mol. The number of rotatable bonds is 7. The third-order valence-corrected chi connectivity index (χ3v) is 2.22. The van der Waals surface area contributed by atoms with E-state index in [1.807, 2.05) is 6.08 Å². The predicted molar refractivity (Wildman–Crippen MR) is 52.4 cm³/mol. The van der Waals surface area contributed by atoms with Crippen LogP contribution in [0, 0.1) is 5.92 Å². The van der Waals surface area contributed by atoms with Crippen LogP contribution in [0.15, 0.2) is 12.7 Å². The van der Waals surface area contributed by atoms with Gasteiger partial charge in [0.2, 0.25) is 5.91 Å². The van der Waals surface area contributed by atoms with Crippen molar-refractivity contribution in [2.45, 2.75) is 39.0 Å². The van der Waals surface area contributed by atoms with Gasteiger partial charge in [-0.2, -0.15) is 0 Å². The van der Waals surface area contributed by atoms with Crippen LogP contribution >= 0.6 is 0 Å². The molecule has 0 aliphatic carbocycles. The predicted octanol–water partition coefficient (Wildman–Crippen LogP) is 2.26. The molecule has 0 aromatic carbocycles. The summed E-state index contributed by atoms with van der Waals surface area (Å²) in [6.45, 7) is 5.83. The molecule has 76 valence electrons. The fourth-order valence-corrected chi connectivity index (χ4v) is 1.33. The SMILES string of the molecule is C=CCC(CC)CCCC(=O)NO. The smallest absolute Gasteiger partial charge is 0.243 e. The maximum Gasteiger partial charge on any atom is 0.243 e. The number of carbonyl (C=O) groups is 1. The van der Waals surface area contributed by atoms with Crippen LogP contribution in [-0.4, -0.2) is 11.1 Å². The maximum atomic E-state index is 10.7. The van der Waals surface area contributed by atoms with E-state index >= 15 is 0 Å². The first kappa shape index (κ1) is 12.2. The highest BCUT2D eigenvalue weighted by atomic mass is 16.5. The number of allylic oxidation sites excluding steroid dienone is 1. The van der Waals surface area contributed by atoms with Gasteiger partial charge >= 0.3 is 0 Å². The molecule has 3 nitrogen and oxygen atoms in total. The summed E-state index contributed by atoms with van der Waals surface area (Å²) in [6, 6.07) is 0. The Morgan fingerprint density at radius 1 is 1.69 bits per heavy atom. The van der Waals surface area contributed by atoms with Gasteiger partial charge in [-0.15, -0.1) is 6.58 Å². The fourth-order valence-electron chi connectivity index (χ4n) is 1.33. The largest absolute Gasteiger partial charge is 0.289 e. The van der Waals surface area contributed by atoms with Gasteiger partial charge in [0.15, 0.2) is 0 Å². The average Bonchev–Trinajstić information content (AvgIpc) is 2.16. The summed E-state index contributed by atoms with van der Waals surface area (Å²) in [7, 11) is 0. The van der Waals surface area contributed by atoms with Crippen LogP contribution in [-0.2, 0) is 4.79 Å². The zero-order valence-corrected chi connectivity index (χ0v) is 8.25. The van der Waals surface area contributed by atoms with Gasteiger partial charge in [-0.3, -0.25) is 10.0 Å². The molecule has 0 spiro atoms. The molecule has 2 N–H and O–H groups in total. The number of carbonyl (C=O) groups excluding carboxylic acids is 1. The van der Waals surface area contributed by atoms with E-state index in [0.29, 0.717) is 12.3 Å². The van der Waals surface area contributed by atoms with E-state index in [1.54, 1.807) is 5.48 Å². The van der Waals surface area contributed by atoms with Crippen molar-refractivity contribution in [1.82, 2.24) is 5.48 Å². The molecule has 1 amide bonds. The zero-order valence-electron chi connectivity index (χ0n) is 8.25. The highest BCUT2D eigenvalue weighted by Gasteiger charge is 2.05. The minimum Gasteiger partial charge on any atom is -0.289 e. The molecule has 0 heterocycles. The molecular weight excluding hydrogens is 166 g/mol. The van der Waals surface area contributed by atoms with E-state index in [0.717, 1.165) is 25.7 Å². The lowest BCUT2D eigenvalue weighted by Gasteiger charge is -2.11. The lowest BCUT2D eigenvalue weighted by Crippen LogP contribution is -2.18. The number of nitrogens with one attached hydrogen (secondary N) is 1. The normalized spacial score (nSPS) is 12.2. The van der Waals surface area contributed by atoms with Crippen LogP contribution in [0.4, 0.5) is 0 Å². The Balaban J connectivity index is 3.48. The second-order valence-electron chi connectivity index (χ2n) is 3.23. The highest BCUT2D eigenvalue weighted by Crippen LogP contribution is 2.16. The second kappa shape index (κ2) is 7.80. The van der Waals surface area contributed by atoms with E-state index in [-0.39, 0.29) is 5.91 Å². The van der Waals surface area contributed by atoms with Gasteiger partial charge in [-0.1, -0.05) is 19.4 Å². The fraction of sp³-hybridized carbons (Fsp3) is 0.700. The summed E-state index contributed by atoms with van der Waals surface area (Å²) in [5.74, 6) is 0.331. The molecule has 13 heavy (non-hydrogen) atoms. The average molecular weight is 185 g/mol. The summed E-state index contributed by atoms with van der Waals surface area (Å²) >= 11 is 0. The van der Waals surface area contributed by atoms with Crippen LogP contribution in [0.1, 0.15) is 39.0 Å². The van der Waals surface area contributed by atoms with Crippen molar-refractivity contribution in [3.05, 3.63) is 12.7 Å². The lowest BCUT2D eigenvalue weighted by atomic mass is 9.96. The van der Waals surface area contributed by atoms with Crippen LogP contribution < -0.4 is 5.48 Å². The molecule has 0 aromatic heterocycles. The number of amides is 1. The van der Waals surface area contributed by atoms with Crippen LogP contribution in [0.25, 0.3) is 0 Å². The van der Waals surface area contributed by atoms with Gasteiger partial charge in [-0.05, 0) is 25.2 Å². The molecule has 0 aromatic rings. The maximum absolute atomic E-state index is 10.7. The first-order chi connectivity index (χ1) is 6.24. The molecule has 3 heteroatoms. The van der Waals surface area contributed by atoms with Crippen molar-refractivity contribution in [2.75, 3.05) is 0 Å². The van der Waals surface area contributed by atoms with Crippen LogP contribution in [0.2, 0.25) is 0 Å². The Morgan fingerprint density at radius 3 is 2.85 bits per heavy atom. The Kier molecular flexibility index (Phi) is 7.30. The van der Waals surface area contributed by atoms with Crippen molar-refractivity contribution in [2.24, 2.45) is 5.92 Å². The van der Waals surface area contributed by atoms with Crippen molar-refractivity contribution >= 4 is 5.91 Å². The van der Waals surface area contributed by atoms with Gasteiger partial charge in [0.05, 0.1) is 0 Å². The Labute approximate surface area is 79.8 Å². The van der Waals surface area contributed by atoms with Gasteiger partial charge in [0.25, 0.3) is 0 Å². The molecule has 0 saturated heterocycles. The quantitative estimate of drug-likeness (QED) is 0.363. The Bertz CT molecular complexity index is 157. The number of hydroxylamine groups is 1. The molecule has 0 fully saturated rings. The summed E-state index contributed by atoms with van der Waals surface area (Å²) in [4.78, 5) is 10.7. The summed E-state index contributed by atoms with van der Waals surface area (Å²) in [5, 5.41) is 8.24. The summed E-state index contributed by atoms with van der Waals surface area (Å²) in [6.07, 6.45) is 6.31. The molecule has 0 aliphatic rings. The topological polar surface area (TPSA) is 49.3 Å². The van der Waals surface area contributed by atoms with Gasteiger partial charge in [-0.25, -0.2) is 5.48 Å². The van der Waals surface area contributed by atoms with Gasteiger partial charge in [0, 0.05) is 6.42 Å². The van der Waals surface area contributed by atoms with Crippen molar-refractivity contribution in [3.63, 3.8) is 0 Å². The highest BCUT2D eigenvalue weighted by molar-refractivity contribution is 5.74. The van der Waals surface area contributed by atoms with E-state index < -0.39 is 0 Å². The van der Waals surface area contributed by atoms with E-state index in [4.69, 9.17) is 5.21 Å². The second-order valence-corrected chi connectivity index (χ2v) is 3.23. The summed E-state index contributed by atoms with van der Waals surface area (Å²) < 4.78 is 0. The van der Waals surface area contributed by atoms with Crippen LogP contribution in [0.3, 0.4) is 0 Å². The van der Waals surface area contributed by atoms with Crippen molar-refractivity contribution in [3.8, 4) is 0 Å². The first-order valence-electron chi connectivity index (χ1n) is 4.78. The van der Waals surface area contributed by atoms with E-state index in [9.17, 15) is 4.79 Å². The first-order valence-corrected chi connectivity index (χ1v) is 4.78. The van der Waals surface area contributed by atoms with E-state index in [1.165, 1.54) is 0 Å². The molecule has 0 saturated carbocycles. The molecule has 1 atom stereocenters. The molecule has 0 radical (unpaired) electrons. The third kappa shape index (κ3) is 6.34. The number of hydrogen-bond acceptors (Lipinski definition) is 2. The van der Waals surface area contributed by atoms with Crippen LogP contribution in [0.5, 0.6) is 0 Å². The van der Waals surface area contributed by atoms with E-state index in [2.05, 4.69) is 13.5 Å². The van der Waals surface area contributed by atoms with Gasteiger partial charge in [0.1, 0.15) is 0 Å². The zero-order chi connectivity index (χ0) is 10.1. The molecule has 0 aliphatic heterocycles. The molecule has 1 unspecified atom stereocenters. The summed E-state index contributed by atoms with van der Waals surface area (Å²) in [5.41, 5.74) is 1.63.